The third-order valence-electron chi connectivity index (χ3n) is 3.68. The van der Waals surface area contributed by atoms with Gasteiger partial charge >= 0.3 is 0 Å². The van der Waals surface area contributed by atoms with Crippen molar-refractivity contribution in [1.82, 2.24) is 10.4 Å². The molecule has 1 saturated carbocycles. The number of hydrogen-bond donors (Lipinski definition) is 1. The molecule has 3 rings (SSSR count). The average Bonchev–Trinajstić information content (AvgIpc) is 3.17. The molecule has 21 heavy (non-hydrogen) atoms. The predicted octanol–water partition coefficient (Wildman–Crippen LogP) is 1.57. The molecule has 0 atom stereocenters. The Labute approximate surface area is 128 Å². The van der Waals surface area contributed by atoms with E-state index in [9.17, 15) is 4.79 Å². The van der Waals surface area contributed by atoms with E-state index >= 15 is 0 Å². The molecular weight excluding hydrogens is 288 g/mol. The number of carbonyl (C=O) groups excluding carboxylic acids is 1. The van der Waals surface area contributed by atoms with Crippen LogP contribution < -0.4 is 10.3 Å². The Balaban J connectivity index is 1.51. The van der Waals surface area contributed by atoms with Crippen molar-refractivity contribution in [3.63, 3.8) is 0 Å². The first-order valence-corrected chi connectivity index (χ1v) is 8.30. The molecule has 1 amide bonds. The lowest BCUT2D eigenvalue weighted by atomic mass is 10.3. The van der Waals surface area contributed by atoms with Crippen LogP contribution in [0.4, 0.5) is 5.13 Å². The Kier molecular flexibility index (Phi) is 4.82. The van der Waals surface area contributed by atoms with E-state index in [0.717, 1.165) is 55.7 Å². The van der Waals surface area contributed by atoms with Crippen molar-refractivity contribution in [2.24, 2.45) is 5.10 Å². The van der Waals surface area contributed by atoms with Gasteiger partial charge in [-0.25, -0.2) is 10.4 Å². The number of carbonyl (C=O) groups is 1. The Bertz CT molecular complexity index is 515. The number of hydrogen-bond acceptors (Lipinski definition) is 6. The van der Waals surface area contributed by atoms with Crippen LogP contribution in [-0.2, 0) is 16.0 Å². The molecule has 2 fully saturated rings. The number of thiazole rings is 1. The number of nitrogens with zero attached hydrogens (tertiary/aromatic N) is 3. The Morgan fingerprint density at radius 1 is 1.38 bits per heavy atom. The van der Waals surface area contributed by atoms with Gasteiger partial charge in [-0.3, -0.25) is 4.79 Å². The first-order valence-electron chi connectivity index (χ1n) is 7.42. The van der Waals surface area contributed by atoms with E-state index in [0.29, 0.717) is 0 Å². The van der Waals surface area contributed by atoms with Gasteiger partial charge < -0.3 is 9.64 Å². The molecule has 7 heteroatoms. The van der Waals surface area contributed by atoms with Gasteiger partial charge in [0.1, 0.15) is 0 Å². The van der Waals surface area contributed by atoms with Crippen LogP contribution >= 0.6 is 11.3 Å². The van der Waals surface area contributed by atoms with Gasteiger partial charge in [0.05, 0.1) is 25.3 Å². The van der Waals surface area contributed by atoms with E-state index in [4.69, 9.17) is 4.74 Å². The first kappa shape index (κ1) is 14.5. The third-order valence-corrected chi connectivity index (χ3v) is 4.63. The molecular formula is C14H20N4O2S. The zero-order valence-corrected chi connectivity index (χ0v) is 12.8. The molecule has 0 spiro atoms. The van der Waals surface area contributed by atoms with Gasteiger partial charge in [-0.2, -0.15) is 5.10 Å². The lowest BCUT2D eigenvalue weighted by Crippen LogP contribution is -2.36. The highest BCUT2D eigenvalue weighted by molar-refractivity contribution is 7.13. The van der Waals surface area contributed by atoms with E-state index < -0.39 is 0 Å². The molecule has 0 radical (unpaired) electrons. The van der Waals surface area contributed by atoms with E-state index in [2.05, 4.69) is 20.4 Å². The number of rotatable bonds is 4. The summed E-state index contributed by atoms with van der Waals surface area (Å²) in [5.74, 6) is -0.0896. The van der Waals surface area contributed by atoms with Crippen LogP contribution in [0.3, 0.4) is 0 Å². The average molecular weight is 308 g/mol. The van der Waals surface area contributed by atoms with Gasteiger partial charge in [0.2, 0.25) is 5.91 Å². The van der Waals surface area contributed by atoms with Crippen molar-refractivity contribution in [2.75, 3.05) is 31.2 Å². The number of aromatic nitrogens is 1. The van der Waals surface area contributed by atoms with Crippen molar-refractivity contribution in [2.45, 2.75) is 32.1 Å². The summed E-state index contributed by atoms with van der Waals surface area (Å²) in [5, 5.41) is 7.11. The second-order valence-corrected chi connectivity index (χ2v) is 6.15. The van der Waals surface area contributed by atoms with Gasteiger partial charge in [-0.1, -0.05) is 0 Å². The highest BCUT2D eigenvalue weighted by Gasteiger charge is 2.16. The lowest BCUT2D eigenvalue weighted by molar-refractivity contribution is -0.120. The topological polar surface area (TPSA) is 66.8 Å². The van der Waals surface area contributed by atoms with Gasteiger partial charge in [0.25, 0.3) is 0 Å². The molecule has 2 heterocycles. The smallest absolute Gasteiger partial charge is 0.246 e. The molecule has 1 saturated heterocycles. The number of ether oxygens (including phenoxy) is 1. The maximum Gasteiger partial charge on any atom is 0.246 e. The maximum absolute atomic E-state index is 11.9. The minimum Gasteiger partial charge on any atom is -0.378 e. The summed E-state index contributed by atoms with van der Waals surface area (Å²) >= 11 is 1.58. The minimum atomic E-state index is -0.0896. The Hall–Kier alpha value is -1.47. The highest BCUT2D eigenvalue weighted by Crippen LogP contribution is 2.21. The normalized spacial score (nSPS) is 18.9. The molecule has 1 N–H and O–H groups in total. The molecule has 1 aliphatic carbocycles. The lowest BCUT2D eigenvalue weighted by Gasteiger charge is -2.26. The van der Waals surface area contributed by atoms with Crippen LogP contribution in [0.1, 0.15) is 31.4 Å². The number of morpholine rings is 1. The molecule has 6 nitrogen and oxygen atoms in total. The van der Waals surface area contributed by atoms with Gasteiger partial charge in [0.15, 0.2) is 5.13 Å². The largest absolute Gasteiger partial charge is 0.378 e. The van der Waals surface area contributed by atoms with Crippen LogP contribution in [0.2, 0.25) is 0 Å². The fourth-order valence-corrected chi connectivity index (χ4v) is 3.40. The second kappa shape index (κ2) is 7.00. The summed E-state index contributed by atoms with van der Waals surface area (Å²) in [7, 11) is 0. The number of anilines is 1. The maximum atomic E-state index is 11.9. The van der Waals surface area contributed by atoms with Gasteiger partial charge in [0, 0.05) is 24.2 Å². The summed E-state index contributed by atoms with van der Waals surface area (Å²) in [6, 6.07) is 0. The SMILES string of the molecule is O=C(Cc1csc(N2CCOCC2)n1)NN=C1CCCC1. The Morgan fingerprint density at radius 3 is 2.90 bits per heavy atom. The predicted molar refractivity (Wildman–Crippen MR) is 82.9 cm³/mol. The molecule has 0 bridgehead atoms. The zero-order chi connectivity index (χ0) is 14.5. The fraction of sp³-hybridized carbons (Fsp3) is 0.643. The highest BCUT2D eigenvalue weighted by atomic mass is 32.1. The fourth-order valence-electron chi connectivity index (χ4n) is 2.52. The van der Waals surface area contributed by atoms with E-state index in [1.54, 1.807) is 11.3 Å². The molecule has 1 aromatic rings. The van der Waals surface area contributed by atoms with E-state index in [1.807, 2.05) is 5.38 Å². The third kappa shape index (κ3) is 4.01. The first-order chi connectivity index (χ1) is 10.3. The summed E-state index contributed by atoms with van der Waals surface area (Å²) < 4.78 is 5.33. The molecule has 2 aliphatic rings. The Morgan fingerprint density at radius 2 is 2.14 bits per heavy atom. The number of amides is 1. The minimum absolute atomic E-state index is 0.0896. The monoisotopic (exact) mass is 308 g/mol. The number of nitrogens with one attached hydrogen (secondary N) is 1. The number of hydrazone groups is 1. The van der Waals surface area contributed by atoms with Crippen molar-refractivity contribution in [1.29, 1.82) is 0 Å². The van der Waals surface area contributed by atoms with Crippen LogP contribution in [0.15, 0.2) is 10.5 Å². The van der Waals surface area contributed by atoms with E-state index in [1.165, 1.54) is 12.8 Å². The standard InChI is InChI=1S/C14H20N4O2S/c19-13(17-16-11-3-1-2-4-11)9-12-10-21-14(15-12)18-5-7-20-8-6-18/h10H,1-9H2,(H,17,19). The van der Waals surface area contributed by atoms with Crippen LogP contribution in [0.25, 0.3) is 0 Å². The van der Waals surface area contributed by atoms with Crippen molar-refractivity contribution >= 4 is 28.1 Å². The van der Waals surface area contributed by atoms with Gasteiger partial charge in [-0.15, -0.1) is 11.3 Å². The molecule has 114 valence electrons. The van der Waals surface area contributed by atoms with E-state index in [-0.39, 0.29) is 12.3 Å². The van der Waals surface area contributed by atoms with Crippen molar-refractivity contribution < 1.29 is 9.53 Å². The van der Waals surface area contributed by atoms with Crippen molar-refractivity contribution in [3.05, 3.63) is 11.1 Å². The summed E-state index contributed by atoms with van der Waals surface area (Å²) in [4.78, 5) is 18.6. The summed E-state index contributed by atoms with van der Waals surface area (Å²) in [6.45, 7) is 3.22. The second-order valence-electron chi connectivity index (χ2n) is 5.32. The molecule has 1 aliphatic heterocycles. The van der Waals surface area contributed by atoms with Crippen LogP contribution in [0.5, 0.6) is 0 Å². The summed E-state index contributed by atoms with van der Waals surface area (Å²) in [5.41, 5.74) is 4.56. The summed E-state index contributed by atoms with van der Waals surface area (Å²) in [6.07, 6.45) is 4.68. The van der Waals surface area contributed by atoms with Gasteiger partial charge in [-0.05, 0) is 25.7 Å². The quantitative estimate of drug-likeness (QED) is 0.857. The molecule has 0 unspecified atom stereocenters. The molecule has 1 aromatic heterocycles. The van der Waals surface area contributed by atoms with Crippen LogP contribution in [-0.4, -0.2) is 42.9 Å². The zero-order valence-electron chi connectivity index (χ0n) is 12.0. The molecule has 0 aromatic carbocycles. The van der Waals surface area contributed by atoms with Crippen LogP contribution in [0, 0.1) is 0 Å². The van der Waals surface area contributed by atoms with Crippen molar-refractivity contribution in [3.8, 4) is 0 Å².